The molecular formula is C25H36N4O2S. The second-order valence-corrected chi connectivity index (χ2v) is 12.2. The van der Waals surface area contributed by atoms with Gasteiger partial charge in [-0.25, -0.2) is 0 Å². The number of anilines is 1. The van der Waals surface area contributed by atoms with E-state index >= 15 is 0 Å². The fourth-order valence-corrected chi connectivity index (χ4v) is 8.86. The first-order chi connectivity index (χ1) is 15.2. The molecule has 2 heterocycles. The van der Waals surface area contributed by atoms with Gasteiger partial charge in [0.25, 0.3) is 0 Å². The minimum absolute atomic E-state index is 0.0358. The highest BCUT2D eigenvalue weighted by molar-refractivity contribution is 7.15. The van der Waals surface area contributed by atoms with Crippen LogP contribution >= 0.6 is 11.3 Å². The number of hydrogen-bond acceptors (Lipinski definition) is 5. The third kappa shape index (κ3) is 3.10. The van der Waals surface area contributed by atoms with Crippen LogP contribution in [0.15, 0.2) is 11.3 Å². The van der Waals surface area contributed by atoms with Crippen LogP contribution in [0.5, 0.6) is 0 Å². The van der Waals surface area contributed by atoms with E-state index in [0.29, 0.717) is 29.3 Å². The van der Waals surface area contributed by atoms with Gasteiger partial charge in [0.05, 0.1) is 0 Å². The van der Waals surface area contributed by atoms with Crippen LogP contribution in [0, 0.1) is 34.5 Å². The number of nitrogens with one attached hydrogen (secondary N) is 1. The average Bonchev–Trinajstić information content (AvgIpc) is 3.34. The lowest BCUT2D eigenvalue weighted by Gasteiger charge is -2.59. The van der Waals surface area contributed by atoms with E-state index in [1.54, 1.807) is 0 Å². The summed E-state index contributed by atoms with van der Waals surface area (Å²) in [6.45, 7) is 9.08. The number of carbonyl (C=O) groups is 2. The van der Waals surface area contributed by atoms with Gasteiger partial charge in [-0.05, 0) is 75.0 Å². The van der Waals surface area contributed by atoms with Crippen LogP contribution in [0.25, 0.3) is 0 Å². The molecule has 0 radical (unpaired) electrons. The molecule has 0 aromatic carbocycles. The standard InChI is InChI=1S/C25H36N4O2S/c1-6-19-27-28-23(32-19)26-22(31)18-8-7-16-15-13-14(2)21-25(4,12-10-20(30)29(21)5)17(15)9-11-24(16,18)3/h15-18H,6-13H2,1-5H3,(H,26,28,31)/t15-,16-,17+,18?,24-,25+/m0/s1. The largest absolute Gasteiger partial charge is 0.319 e. The van der Waals surface area contributed by atoms with Crippen LogP contribution in [0.3, 0.4) is 0 Å². The first-order valence-corrected chi connectivity index (χ1v) is 13.1. The Labute approximate surface area is 195 Å². The minimum atomic E-state index is 0.0358. The predicted molar refractivity (Wildman–Crippen MR) is 126 cm³/mol. The molecule has 6 nitrogen and oxygen atoms in total. The summed E-state index contributed by atoms with van der Waals surface area (Å²) in [5, 5.41) is 13.0. The molecule has 7 heteroatoms. The molecule has 1 N–H and O–H groups in total. The van der Waals surface area contributed by atoms with Crippen molar-refractivity contribution < 1.29 is 9.59 Å². The van der Waals surface area contributed by atoms with E-state index in [0.717, 1.165) is 50.0 Å². The van der Waals surface area contributed by atoms with Crippen LogP contribution in [-0.2, 0) is 16.0 Å². The first kappa shape index (κ1) is 22.1. The summed E-state index contributed by atoms with van der Waals surface area (Å²) < 4.78 is 0. The monoisotopic (exact) mass is 456 g/mol. The van der Waals surface area contributed by atoms with Crippen molar-refractivity contribution in [1.82, 2.24) is 15.1 Å². The Morgan fingerprint density at radius 3 is 2.69 bits per heavy atom. The molecule has 32 heavy (non-hydrogen) atoms. The van der Waals surface area contributed by atoms with Crippen LogP contribution < -0.4 is 5.32 Å². The van der Waals surface area contributed by atoms with Gasteiger partial charge in [0, 0.05) is 30.5 Å². The van der Waals surface area contributed by atoms with Gasteiger partial charge in [-0.1, -0.05) is 37.7 Å². The Balaban J connectivity index is 1.40. The van der Waals surface area contributed by atoms with Crippen molar-refractivity contribution in [2.24, 2.45) is 34.5 Å². The van der Waals surface area contributed by atoms with Crippen LogP contribution in [-0.4, -0.2) is 34.0 Å². The summed E-state index contributed by atoms with van der Waals surface area (Å²) in [5.74, 6) is 2.20. The number of carbonyl (C=O) groups excluding carboxylic acids is 2. The maximum Gasteiger partial charge on any atom is 0.229 e. The SMILES string of the molecule is CCc1nnc(NC(=O)C2CC[C@H]3[C@@H]4CC(C)=C5N(C)C(=O)CC[C@]5(C)[C@@H]4CC[C@]23C)s1. The third-order valence-electron chi connectivity index (χ3n) is 9.63. The minimum Gasteiger partial charge on any atom is -0.319 e. The van der Waals surface area contributed by atoms with Crippen molar-refractivity contribution in [1.29, 1.82) is 0 Å². The van der Waals surface area contributed by atoms with Crippen molar-refractivity contribution in [3.05, 3.63) is 16.3 Å². The highest BCUT2D eigenvalue weighted by Gasteiger charge is 2.61. The van der Waals surface area contributed by atoms with E-state index < -0.39 is 0 Å². The number of fused-ring (bicyclic) bond motifs is 5. The number of rotatable bonds is 3. The van der Waals surface area contributed by atoms with E-state index in [2.05, 4.69) is 43.2 Å². The van der Waals surface area contributed by atoms with E-state index in [9.17, 15) is 9.59 Å². The summed E-state index contributed by atoms with van der Waals surface area (Å²) in [7, 11) is 1.97. The lowest BCUT2D eigenvalue weighted by molar-refractivity contribution is -0.137. The lowest BCUT2D eigenvalue weighted by Crippen LogP contribution is -2.54. The molecule has 0 spiro atoms. The van der Waals surface area contributed by atoms with E-state index in [4.69, 9.17) is 0 Å². The van der Waals surface area contributed by atoms with E-state index in [1.807, 2.05) is 11.9 Å². The second kappa shape index (κ2) is 7.64. The molecule has 3 aliphatic carbocycles. The zero-order valence-corrected chi connectivity index (χ0v) is 20.8. The van der Waals surface area contributed by atoms with Gasteiger partial charge in [-0.15, -0.1) is 10.2 Å². The van der Waals surface area contributed by atoms with Crippen LogP contribution in [0.1, 0.15) is 77.6 Å². The molecule has 174 valence electrons. The van der Waals surface area contributed by atoms with Crippen LogP contribution in [0.2, 0.25) is 0 Å². The molecule has 1 unspecified atom stereocenters. The van der Waals surface area contributed by atoms with Crippen molar-refractivity contribution >= 4 is 28.3 Å². The Hall–Kier alpha value is -1.76. The number of nitrogens with zero attached hydrogens (tertiary/aromatic N) is 3. The predicted octanol–water partition coefficient (Wildman–Crippen LogP) is 5.03. The Morgan fingerprint density at radius 1 is 1.19 bits per heavy atom. The number of hydrogen-bond donors (Lipinski definition) is 1. The van der Waals surface area contributed by atoms with Crippen molar-refractivity contribution in [2.45, 2.75) is 79.1 Å². The molecule has 2 saturated carbocycles. The molecule has 1 aromatic rings. The van der Waals surface area contributed by atoms with Crippen molar-refractivity contribution in [2.75, 3.05) is 12.4 Å². The van der Waals surface area contributed by atoms with Crippen LogP contribution in [0.4, 0.5) is 5.13 Å². The summed E-state index contributed by atoms with van der Waals surface area (Å²) in [6.07, 6.45) is 7.85. The molecule has 0 bridgehead atoms. The highest BCUT2D eigenvalue weighted by atomic mass is 32.1. The first-order valence-electron chi connectivity index (χ1n) is 12.3. The van der Waals surface area contributed by atoms with Gasteiger partial charge >= 0.3 is 0 Å². The number of likely N-dealkylation sites (tertiary alicyclic amines) is 1. The molecule has 4 aliphatic rings. The Morgan fingerprint density at radius 2 is 1.97 bits per heavy atom. The maximum absolute atomic E-state index is 13.3. The molecule has 6 atom stereocenters. The summed E-state index contributed by atoms with van der Waals surface area (Å²) >= 11 is 1.49. The second-order valence-electron chi connectivity index (χ2n) is 11.1. The molecule has 2 amide bonds. The molecule has 1 aliphatic heterocycles. The number of piperidine rings is 1. The summed E-state index contributed by atoms with van der Waals surface area (Å²) in [6, 6.07) is 0. The van der Waals surface area contributed by atoms with Gasteiger partial charge in [0.1, 0.15) is 5.01 Å². The van der Waals surface area contributed by atoms with Gasteiger partial charge < -0.3 is 10.2 Å². The molecule has 3 fully saturated rings. The maximum atomic E-state index is 13.3. The molecule has 5 rings (SSSR count). The molecule has 1 aromatic heterocycles. The molecular weight excluding hydrogens is 420 g/mol. The van der Waals surface area contributed by atoms with E-state index in [1.165, 1.54) is 22.6 Å². The van der Waals surface area contributed by atoms with Gasteiger partial charge in [-0.3, -0.25) is 9.59 Å². The van der Waals surface area contributed by atoms with Gasteiger partial charge in [-0.2, -0.15) is 0 Å². The lowest BCUT2D eigenvalue weighted by atomic mass is 9.48. The van der Waals surface area contributed by atoms with Crippen molar-refractivity contribution in [3.63, 3.8) is 0 Å². The number of aromatic nitrogens is 2. The summed E-state index contributed by atoms with van der Waals surface area (Å²) in [4.78, 5) is 27.8. The van der Waals surface area contributed by atoms with Crippen molar-refractivity contribution in [3.8, 4) is 0 Å². The van der Waals surface area contributed by atoms with E-state index in [-0.39, 0.29) is 28.6 Å². The smallest absolute Gasteiger partial charge is 0.229 e. The quantitative estimate of drug-likeness (QED) is 0.692. The fraction of sp³-hybridized carbons (Fsp3) is 0.760. The Bertz CT molecular complexity index is 986. The normalized spacial score (nSPS) is 38.9. The van der Waals surface area contributed by atoms with Gasteiger partial charge in [0.2, 0.25) is 16.9 Å². The third-order valence-corrected chi connectivity index (χ3v) is 10.6. The topological polar surface area (TPSA) is 75.2 Å². The number of amides is 2. The zero-order valence-electron chi connectivity index (χ0n) is 20.0. The average molecular weight is 457 g/mol. The fourth-order valence-electron chi connectivity index (χ4n) is 8.18. The zero-order chi connectivity index (χ0) is 22.8. The number of allylic oxidation sites excluding steroid dienone is 2. The molecule has 1 saturated heterocycles. The van der Waals surface area contributed by atoms with Gasteiger partial charge in [0.15, 0.2) is 0 Å². The Kier molecular flexibility index (Phi) is 5.27. The number of aryl methyl sites for hydroxylation is 1. The highest BCUT2D eigenvalue weighted by Crippen LogP contribution is 2.66. The summed E-state index contributed by atoms with van der Waals surface area (Å²) in [5.41, 5.74) is 2.81.